The van der Waals surface area contributed by atoms with Crippen molar-refractivity contribution >= 4 is 33.3 Å². The number of nitrogens with zero attached hydrogens (tertiary/aromatic N) is 3. The molecule has 0 atom stereocenters. The molecule has 4 rings (SSSR count). The van der Waals surface area contributed by atoms with Gasteiger partial charge in [-0.15, -0.1) is 11.3 Å². The predicted molar refractivity (Wildman–Crippen MR) is 83.2 cm³/mol. The van der Waals surface area contributed by atoms with Crippen molar-refractivity contribution in [2.45, 2.75) is 30.0 Å². The minimum atomic E-state index is 0.859. The predicted octanol–water partition coefficient (Wildman–Crippen LogP) is 3.87. The first-order valence-electron chi connectivity index (χ1n) is 6.70. The average molecular weight is 299 g/mol. The minimum absolute atomic E-state index is 0.859. The summed E-state index contributed by atoms with van der Waals surface area (Å²) >= 11 is 3.61. The molecule has 20 heavy (non-hydrogen) atoms. The van der Waals surface area contributed by atoms with Gasteiger partial charge >= 0.3 is 0 Å². The van der Waals surface area contributed by atoms with Gasteiger partial charge in [0.25, 0.3) is 0 Å². The normalized spacial score (nSPS) is 13.8. The van der Waals surface area contributed by atoms with E-state index >= 15 is 0 Å². The average Bonchev–Trinajstić information content (AvgIpc) is 3.06. The second-order valence-corrected chi connectivity index (χ2v) is 6.87. The lowest BCUT2D eigenvalue weighted by molar-refractivity contribution is 0.915. The van der Waals surface area contributed by atoms with E-state index in [0.29, 0.717) is 0 Å². The molecule has 3 heterocycles. The summed E-state index contributed by atoms with van der Waals surface area (Å²) in [5, 5.41) is 2.41. The summed E-state index contributed by atoms with van der Waals surface area (Å²) < 4.78 is 0. The Balaban J connectivity index is 1.69. The third kappa shape index (κ3) is 2.11. The molecule has 1 aliphatic rings. The molecule has 0 unspecified atom stereocenters. The van der Waals surface area contributed by atoms with Crippen LogP contribution in [0.2, 0.25) is 0 Å². The van der Waals surface area contributed by atoms with E-state index in [0.717, 1.165) is 21.3 Å². The van der Waals surface area contributed by atoms with Crippen molar-refractivity contribution in [1.82, 2.24) is 15.0 Å². The first-order chi connectivity index (χ1) is 9.92. The fraction of sp³-hybridized carbons (Fsp3) is 0.267. The highest BCUT2D eigenvalue weighted by Gasteiger charge is 2.21. The second kappa shape index (κ2) is 5.14. The summed E-state index contributed by atoms with van der Waals surface area (Å²) in [7, 11) is 0. The molecule has 0 bridgehead atoms. The van der Waals surface area contributed by atoms with Crippen LogP contribution in [-0.4, -0.2) is 15.0 Å². The molecule has 3 aromatic rings. The Kier molecular flexibility index (Phi) is 3.16. The van der Waals surface area contributed by atoms with Crippen LogP contribution in [0.15, 0.2) is 35.7 Å². The standard InChI is InChI=1S/C15H13N3S2/c1-2-7-16-10(4-1)8-19-14-13-11-5-3-6-12(11)20-15(13)18-9-17-14/h1-2,4,7,9H,3,5-6,8H2. The summed E-state index contributed by atoms with van der Waals surface area (Å²) in [5.74, 6) is 0.859. The minimum Gasteiger partial charge on any atom is -0.260 e. The molecule has 0 fully saturated rings. The topological polar surface area (TPSA) is 38.7 Å². The molecule has 5 heteroatoms. The van der Waals surface area contributed by atoms with Crippen LogP contribution >= 0.6 is 23.1 Å². The Hall–Kier alpha value is -1.46. The van der Waals surface area contributed by atoms with E-state index < -0.39 is 0 Å². The van der Waals surface area contributed by atoms with Gasteiger partial charge in [-0.1, -0.05) is 17.8 Å². The number of rotatable bonds is 3. The number of fused-ring (bicyclic) bond motifs is 3. The Labute approximate surface area is 125 Å². The highest BCUT2D eigenvalue weighted by Crippen LogP contribution is 2.40. The van der Waals surface area contributed by atoms with Crippen molar-refractivity contribution in [2.24, 2.45) is 0 Å². The van der Waals surface area contributed by atoms with Crippen molar-refractivity contribution in [3.8, 4) is 0 Å². The Bertz CT molecular complexity index is 752. The third-order valence-electron chi connectivity index (χ3n) is 3.55. The monoisotopic (exact) mass is 299 g/mol. The van der Waals surface area contributed by atoms with E-state index in [9.17, 15) is 0 Å². The van der Waals surface area contributed by atoms with E-state index in [1.165, 1.54) is 35.1 Å². The van der Waals surface area contributed by atoms with E-state index in [4.69, 9.17) is 0 Å². The van der Waals surface area contributed by atoms with Crippen LogP contribution in [0.4, 0.5) is 0 Å². The lowest BCUT2D eigenvalue weighted by atomic mass is 10.2. The van der Waals surface area contributed by atoms with Crippen molar-refractivity contribution in [2.75, 3.05) is 0 Å². The molecule has 0 saturated carbocycles. The van der Waals surface area contributed by atoms with Gasteiger partial charge in [-0.3, -0.25) is 4.98 Å². The zero-order valence-corrected chi connectivity index (χ0v) is 12.5. The summed E-state index contributed by atoms with van der Waals surface area (Å²) in [6.45, 7) is 0. The molecule has 100 valence electrons. The van der Waals surface area contributed by atoms with Crippen LogP contribution < -0.4 is 0 Å². The first-order valence-corrected chi connectivity index (χ1v) is 8.50. The van der Waals surface area contributed by atoms with Crippen LogP contribution in [0.25, 0.3) is 10.2 Å². The van der Waals surface area contributed by atoms with E-state index in [-0.39, 0.29) is 0 Å². The molecule has 0 N–H and O–H groups in total. The van der Waals surface area contributed by atoms with Gasteiger partial charge in [0.05, 0.1) is 5.69 Å². The van der Waals surface area contributed by atoms with Gasteiger partial charge in [0.15, 0.2) is 0 Å². The quantitative estimate of drug-likeness (QED) is 0.543. The molecule has 0 saturated heterocycles. The van der Waals surface area contributed by atoms with E-state index in [1.807, 2.05) is 29.7 Å². The lowest BCUT2D eigenvalue weighted by Crippen LogP contribution is -1.89. The maximum absolute atomic E-state index is 4.50. The second-order valence-electron chi connectivity index (χ2n) is 4.83. The Morgan fingerprint density at radius 3 is 3.05 bits per heavy atom. The van der Waals surface area contributed by atoms with Crippen LogP contribution in [-0.2, 0) is 18.6 Å². The third-order valence-corrected chi connectivity index (χ3v) is 5.77. The fourth-order valence-electron chi connectivity index (χ4n) is 2.63. The Morgan fingerprint density at radius 2 is 2.15 bits per heavy atom. The zero-order chi connectivity index (χ0) is 13.4. The Morgan fingerprint density at radius 1 is 1.15 bits per heavy atom. The molecule has 0 aliphatic heterocycles. The van der Waals surface area contributed by atoms with Crippen molar-refractivity contribution < 1.29 is 0 Å². The van der Waals surface area contributed by atoms with Crippen molar-refractivity contribution in [3.05, 3.63) is 46.9 Å². The maximum atomic E-state index is 4.50. The molecule has 0 aromatic carbocycles. The number of aromatic nitrogens is 3. The van der Waals surface area contributed by atoms with Crippen LogP contribution in [0, 0.1) is 0 Å². The lowest BCUT2D eigenvalue weighted by Gasteiger charge is -2.03. The molecular weight excluding hydrogens is 286 g/mol. The van der Waals surface area contributed by atoms with Gasteiger partial charge in [-0.25, -0.2) is 9.97 Å². The number of hydrogen-bond donors (Lipinski definition) is 0. The summed E-state index contributed by atoms with van der Waals surface area (Å²) in [6.07, 6.45) is 7.19. The van der Waals surface area contributed by atoms with Gasteiger partial charge in [0, 0.05) is 22.2 Å². The molecule has 1 aliphatic carbocycles. The molecule has 3 nitrogen and oxygen atoms in total. The van der Waals surface area contributed by atoms with Crippen LogP contribution in [0.3, 0.4) is 0 Å². The molecule has 0 spiro atoms. The molecule has 0 amide bonds. The number of hydrogen-bond acceptors (Lipinski definition) is 5. The summed E-state index contributed by atoms with van der Waals surface area (Å²) in [6, 6.07) is 6.03. The van der Waals surface area contributed by atoms with Crippen LogP contribution in [0.1, 0.15) is 22.6 Å². The first kappa shape index (κ1) is 12.3. The number of thiophene rings is 1. The molecular formula is C15H13N3S2. The van der Waals surface area contributed by atoms with Gasteiger partial charge in [-0.2, -0.15) is 0 Å². The van der Waals surface area contributed by atoms with Crippen molar-refractivity contribution in [1.29, 1.82) is 0 Å². The van der Waals surface area contributed by atoms with Gasteiger partial charge in [0.2, 0.25) is 0 Å². The fourth-order valence-corrected chi connectivity index (χ4v) is 4.87. The van der Waals surface area contributed by atoms with Crippen molar-refractivity contribution in [3.63, 3.8) is 0 Å². The molecule has 3 aromatic heterocycles. The molecule has 0 radical (unpaired) electrons. The smallest absolute Gasteiger partial charge is 0.128 e. The maximum Gasteiger partial charge on any atom is 0.128 e. The SMILES string of the molecule is c1ccc(CSc2ncnc3sc4c(c23)CCC4)nc1. The number of aryl methyl sites for hydroxylation is 2. The highest BCUT2D eigenvalue weighted by molar-refractivity contribution is 7.98. The highest BCUT2D eigenvalue weighted by atomic mass is 32.2. The summed E-state index contributed by atoms with van der Waals surface area (Å²) in [5.41, 5.74) is 2.59. The van der Waals surface area contributed by atoms with E-state index in [2.05, 4.69) is 21.0 Å². The zero-order valence-electron chi connectivity index (χ0n) is 10.9. The van der Waals surface area contributed by atoms with E-state index in [1.54, 1.807) is 18.1 Å². The van der Waals surface area contributed by atoms with Crippen LogP contribution in [0.5, 0.6) is 0 Å². The largest absolute Gasteiger partial charge is 0.260 e. The van der Waals surface area contributed by atoms with Gasteiger partial charge < -0.3 is 0 Å². The number of pyridine rings is 1. The van der Waals surface area contributed by atoms with Gasteiger partial charge in [0.1, 0.15) is 16.2 Å². The summed E-state index contributed by atoms with van der Waals surface area (Å²) in [4.78, 5) is 16.0. The number of thioether (sulfide) groups is 1. The van der Waals surface area contributed by atoms with Gasteiger partial charge in [-0.05, 0) is 37.0 Å².